The number of carboxylic acid groups (broad SMARTS) is 1. The van der Waals surface area contributed by atoms with Crippen molar-refractivity contribution in [1.29, 1.82) is 0 Å². The second-order valence-electron chi connectivity index (χ2n) is 3.99. The van der Waals surface area contributed by atoms with Crippen LogP contribution in [0.25, 0.3) is 0 Å². The number of Topliss-reactive ketones (excluding diaryl/α,β-unsaturated/α-hetero) is 1. The molecule has 0 amide bonds. The zero-order valence-corrected chi connectivity index (χ0v) is 10.7. The van der Waals surface area contributed by atoms with Gasteiger partial charge in [0.25, 0.3) is 0 Å². The van der Waals surface area contributed by atoms with E-state index < -0.39 is 5.97 Å². The highest BCUT2D eigenvalue weighted by atomic mass is 79.9. The molecule has 0 saturated carbocycles. The number of carbonyl (C=O) groups excluding carboxylic acids is 1. The third-order valence-electron chi connectivity index (χ3n) is 2.80. The van der Waals surface area contributed by atoms with Crippen molar-refractivity contribution < 1.29 is 14.7 Å². The molecule has 0 atom stereocenters. The number of aryl methyl sites for hydroxylation is 1. The van der Waals surface area contributed by atoms with Crippen molar-refractivity contribution in [2.24, 2.45) is 0 Å². The van der Waals surface area contributed by atoms with Gasteiger partial charge < -0.3 is 5.11 Å². The van der Waals surface area contributed by atoms with Crippen molar-refractivity contribution in [3.8, 4) is 0 Å². The Kier molecular flexibility index (Phi) is 3.43. The van der Waals surface area contributed by atoms with Gasteiger partial charge in [0.1, 0.15) is 0 Å². The molecule has 17 heavy (non-hydrogen) atoms. The van der Waals surface area contributed by atoms with Crippen molar-refractivity contribution in [2.75, 3.05) is 0 Å². The topological polar surface area (TPSA) is 54.4 Å². The van der Waals surface area contributed by atoms with Crippen LogP contribution < -0.4 is 0 Å². The Balaban J connectivity index is 2.49. The Hall–Kier alpha value is -1.42. The molecule has 1 aliphatic carbocycles. The molecule has 88 valence electrons. The highest BCUT2D eigenvalue weighted by Gasteiger charge is 2.20. The van der Waals surface area contributed by atoms with E-state index in [-0.39, 0.29) is 5.78 Å². The number of rotatable bonds is 1. The van der Waals surface area contributed by atoms with E-state index in [2.05, 4.69) is 15.9 Å². The van der Waals surface area contributed by atoms with Gasteiger partial charge in [-0.15, -0.1) is 0 Å². The van der Waals surface area contributed by atoms with E-state index in [9.17, 15) is 9.59 Å². The van der Waals surface area contributed by atoms with E-state index in [1.807, 2.05) is 12.1 Å². The maximum absolute atomic E-state index is 12.2. The van der Waals surface area contributed by atoms with Crippen LogP contribution in [-0.4, -0.2) is 16.9 Å². The maximum atomic E-state index is 12.2. The zero-order valence-electron chi connectivity index (χ0n) is 9.07. The first-order valence-corrected chi connectivity index (χ1v) is 6.14. The molecule has 0 aliphatic heterocycles. The van der Waals surface area contributed by atoms with Crippen molar-refractivity contribution in [3.05, 3.63) is 45.4 Å². The lowest BCUT2D eigenvalue weighted by Crippen LogP contribution is -2.05. The second kappa shape index (κ2) is 4.84. The first-order valence-electron chi connectivity index (χ1n) is 5.34. The summed E-state index contributed by atoms with van der Waals surface area (Å²) in [6.07, 6.45) is 3.17. The number of allylic oxidation sites excluding steroid dienone is 1. The molecule has 0 saturated heterocycles. The average Bonchev–Trinajstić information content (AvgIpc) is 2.40. The zero-order chi connectivity index (χ0) is 12.4. The van der Waals surface area contributed by atoms with Gasteiger partial charge in [-0.25, -0.2) is 4.79 Å². The Morgan fingerprint density at radius 1 is 1.35 bits per heavy atom. The fourth-order valence-corrected chi connectivity index (χ4v) is 2.38. The molecule has 4 heteroatoms. The maximum Gasteiger partial charge on any atom is 0.328 e. The third kappa shape index (κ3) is 2.64. The van der Waals surface area contributed by atoms with E-state index in [1.54, 1.807) is 6.07 Å². The molecule has 0 bridgehead atoms. The first-order chi connectivity index (χ1) is 8.08. The van der Waals surface area contributed by atoms with Crippen LogP contribution in [0.15, 0.2) is 34.3 Å². The van der Waals surface area contributed by atoms with Crippen molar-refractivity contribution >= 4 is 27.7 Å². The highest BCUT2D eigenvalue weighted by Crippen LogP contribution is 2.26. The molecule has 1 N–H and O–H groups in total. The van der Waals surface area contributed by atoms with Crippen LogP contribution in [0.3, 0.4) is 0 Å². The lowest BCUT2D eigenvalue weighted by Gasteiger charge is -2.05. The normalized spacial score (nSPS) is 17.7. The summed E-state index contributed by atoms with van der Waals surface area (Å²) in [6.45, 7) is 0. The van der Waals surface area contributed by atoms with E-state index in [0.29, 0.717) is 17.6 Å². The smallest absolute Gasteiger partial charge is 0.328 e. The molecule has 0 unspecified atom stereocenters. The number of hydrogen-bond donors (Lipinski definition) is 1. The molecular formula is C13H11BrO3. The number of fused-ring (bicyclic) bond motifs is 1. The van der Waals surface area contributed by atoms with E-state index in [0.717, 1.165) is 29.0 Å². The largest absolute Gasteiger partial charge is 0.478 e. The number of carbonyl (C=O) groups is 2. The summed E-state index contributed by atoms with van der Waals surface area (Å²) < 4.78 is 0.834. The van der Waals surface area contributed by atoms with Crippen molar-refractivity contribution in [1.82, 2.24) is 0 Å². The van der Waals surface area contributed by atoms with Gasteiger partial charge in [-0.2, -0.15) is 0 Å². The minimum absolute atomic E-state index is 0.166. The first kappa shape index (κ1) is 12.0. The molecule has 1 aromatic carbocycles. The lowest BCUT2D eigenvalue weighted by molar-refractivity contribution is -0.131. The molecule has 1 aromatic rings. The molecule has 0 radical (unpaired) electrons. The van der Waals surface area contributed by atoms with Crippen molar-refractivity contribution in [3.63, 3.8) is 0 Å². The minimum atomic E-state index is -1.06. The Labute approximate surface area is 107 Å². The van der Waals surface area contributed by atoms with E-state index in [4.69, 9.17) is 5.11 Å². The number of carboxylic acids is 1. The van der Waals surface area contributed by atoms with Crippen LogP contribution in [0, 0.1) is 0 Å². The SMILES string of the molecule is O=C(O)/C=C1\CCCc2ccc(Br)cc2C1=O. The molecule has 3 nitrogen and oxygen atoms in total. The standard InChI is InChI=1S/C13H11BrO3/c14-10-5-4-8-2-1-3-9(6-12(15)16)13(17)11(8)7-10/h4-7H,1-3H2,(H,15,16)/b9-6+. The summed E-state index contributed by atoms with van der Waals surface area (Å²) in [5.74, 6) is -1.23. The summed E-state index contributed by atoms with van der Waals surface area (Å²) in [4.78, 5) is 22.8. The van der Waals surface area contributed by atoms with E-state index >= 15 is 0 Å². The van der Waals surface area contributed by atoms with Gasteiger partial charge in [0.2, 0.25) is 0 Å². The molecule has 0 fully saturated rings. The predicted octanol–water partition coefficient (Wildman–Crippen LogP) is 2.98. The fraction of sp³-hybridized carbons (Fsp3) is 0.231. The van der Waals surface area contributed by atoms with Crippen LogP contribution in [0.1, 0.15) is 28.8 Å². The van der Waals surface area contributed by atoms with Gasteiger partial charge in [-0.05, 0) is 37.0 Å². The number of hydrogen-bond acceptors (Lipinski definition) is 2. The van der Waals surface area contributed by atoms with Gasteiger partial charge in [-0.1, -0.05) is 22.0 Å². The molecule has 2 rings (SSSR count). The second-order valence-corrected chi connectivity index (χ2v) is 4.91. The van der Waals surface area contributed by atoms with E-state index in [1.165, 1.54) is 0 Å². The van der Waals surface area contributed by atoms with Gasteiger partial charge in [-0.3, -0.25) is 4.79 Å². The fourth-order valence-electron chi connectivity index (χ4n) is 2.02. The average molecular weight is 295 g/mol. The summed E-state index contributed by atoms with van der Waals surface area (Å²) >= 11 is 3.33. The summed E-state index contributed by atoms with van der Waals surface area (Å²) in [5, 5.41) is 8.74. The molecule has 0 spiro atoms. The summed E-state index contributed by atoms with van der Waals surface area (Å²) in [5.41, 5.74) is 1.99. The predicted molar refractivity (Wildman–Crippen MR) is 67.1 cm³/mol. The van der Waals surface area contributed by atoms with Crippen LogP contribution in [-0.2, 0) is 11.2 Å². The molecule has 1 aliphatic rings. The van der Waals surface area contributed by atoms with Gasteiger partial charge in [0.15, 0.2) is 5.78 Å². The molecule has 0 heterocycles. The van der Waals surface area contributed by atoms with Crippen molar-refractivity contribution in [2.45, 2.75) is 19.3 Å². The lowest BCUT2D eigenvalue weighted by atomic mass is 10.00. The van der Waals surface area contributed by atoms with Gasteiger partial charge in [0.05, 0.1) is 0 Å². The summed E-state index contributed by atoms with van der Waals surface area (Å²) in [7, 11) is 0. The monoisotopic (exact) mass is 294 g/mol. The quantitative estimate of drug-likeness (QED) is 0.640. The number of benzene rings is 1. The van der Waals surface area contributed by atoms with Crippen LogP contribution in [0.2, 0.25) is 0 Å². The highest BCUT2D eigenvalue weighted by molar-refractivity contribution is 9.10. The van der Waals surface area contributed by atoms with Crippen LogP contribution >= 0.6 is 15.9 Å². The minimum Gasteiger partial charge on any atom is -0.478 e. The molecule has 0 aromatic heterocycles. The Morgan fingerprint density at radius 3 is 2.82 bits per heavy atom. The number of aliphatic carboxylic acids is 1. The third-order valence-corrected chi connectivity index (χ3v) is 3.29. The van der Waals surface area contributed by atoms with Crippen LogP contribution in [0.5, 0.6) is 0 Å². The summed E-state index contributed by atoms with van der Waals surface area (Å²) in [6, 6.07) is 5.58. The molecular weight excluding hydrogens is 284 g/mol. The number of halogens is 1. The number of ketones is 1. The Morgan fingerprint density at radius 2 is 2.12 bits per heavy atom. The van der Waals surface area contributed by atoms with Gasteiger partial charge >= 0.3 is 5.97 Å². The van der Waals surface area contributed by atoms with Gasteiger partial charge in [0, 0.05) is 21.7 Å². The Bertz CT molecular complexity index is 517. The van der Waals surface area contributed by atoms with Crippen LogP contribution in [0.4, 0.5) is 0 Å².